The van der Waals surface area contributed by atoms with Crippen LogP contribution in [0.3, 0.4) is 0 Å². The van der Waals surface area contributed by atoms with Crippen LogP contribution >= 0.6 is 0 Å². The first kappa shape index (κ1) is 24.4. The van der Waals surface area contributed by atoms with Crippen LogP contribution in [0, 0.1) is 13.8 Å². The molecule has 0 bridgehead atoms. The molecule has 0 fully saturated rings. The summed E-state index contributed by atoms with van der Waals surface area (Å²) in [7, 11) is 0. The average Bonchev–Trinajstić information content (AvgIpc) is 2.80. The molecule has 176 valence electrons. The maximum atomic E-state index is 13.0. The van der Waals surface area contributed by atoms with Crippen LogP contribution in [0.2, 0.25) is 0 Å². The van der Waals surface area contributed by atoms with Crippen LogP contribution < -0.4 is 10.7 Å². The van der Waals surface area contributed by atoms with Gasteiger partial charge in [-0.25, -0.2) is 9.59 Å². The van der Waals surface area contributed by atoms with E-state index in [-0.39, 0.29) is 18.8 Å². The Morgan fingerprint density at radius 2 is 1.32 bits per heavy atom. The minimum absolute atomic E-state index is 0.00506. The summed E-state index contributed by atoms with van der Waals surface area (Å²) < 4.78 is 11.7. The smallest absolute Gasteiger partial charge is 0.338 e. The lowest BCUT2D eigenvalue weighted by Crippen LogP contribution is -2.26. The van der Waals surface area contributed by atoms with E-state index in [1.165, 1.54) is 6.07 Å². The van der Waals surface area contributed by atoms with Crippen molar-refractivity contribution < 1.29 is 23.9 Å². The topological polar surface area (TPSA) is 104 Å². The molecule has 1 aromatic heterocycles. The number of ether oxygens (including phenoxy) is 2. The average molecular weight is 463 g/mol. The lowest BCUT2D eigenvalue weighted by molar-refractivity contribution is 0.0517. The van der Waals surface area contributed by atoms with E-state index >= 15 is 0 Å². The highest BCUT2D eigenvalue weighted by Gasteiger charge is 2.19. The highest BCUT2D eigenvalue weighted by Crippen LogP contribution is 2.19. The van der Waals surface area contributed by atoms with Gasteiger partial charge in [-0.15, -0.1) is 0 Å². The second kappa shape index (κ2) is 10.6. The summed E-state index contributed by atoms with van der Waals surface area (Å²) in [6.45, 7) is 7.46. The van der Waals surface area contributed by atoms with E-state index < -0.39 is 23.3 Å². The van der Waals surface area contributed by atoms with Crippen molar-refractivity contribution in [2.75, 3.05) is 18.5 Å². The van der Waals surface area contributed by atoms with Gasteiger partial charge < -0.3 is 19.4 Å². The molecule has 0 radical (unpaired) electrons. The minimum atomic E-state index is -0.566. The second-order valence-corrected chi connectivity index (χ2v) is 7.47. The number of rotatable bonds is 7. The standard InChI is InChI=1S/C26H26N2O6/c1-5-33-25(31)18-7-11-20(12-8-18)27-24(30)23-17(4)28(16(3)15-22(23)29)21-13-9-19(10-14-21)26(32)34-6-2/h7-15H,5-6H2,1-4H3,(H,27,30). The molecule has 1 amide bonds. The number of anilines is 1. The monoisotopic (exact) mass is 462 g/mol. The van der Waals surface area contributed by atoms with Crippen molar-refractivity contribution in [2.45, 2.75) is 27.7 Å². The molecule has 0 aliphatic carbocycles. The summed E-state index contributed by atoms with van der Waals surface area (Å²) in [5.41, 5.74) is 2.57. The number of esters is 2. The molecule has 0 saturated carbocycles. The molecule has 0 aliphatic rings. The lowest BCUT2D eigenvalue weighted by atomic mass is 10.1. The maximum Gasteiger partial charge on any atom is 0.338 e. The van der Waals surface area contributed by atoms with Crippen molar-refractivity contribution in [3.05, 3.63) is 92.9 Å². The Morgan fingerprint density at radius 1 is 0.824 bits per heavy atom. The molecule has 0 saturated heterocycles. The molecule has 2 aromatic carbocycles. The zero-order valence-electron chi connectivity index (χ0n) is 19.5. The predicted octanol–water partition coefficient (Wildman–Crippen LogP) is 4.06. The van der Waals surface area contributed by atoms with Gasteiger partial charge in [0.2, 0.25) is 0 Å². The maximum absolute atomic E-state index is 13.0. The SMILES string of the molecule is CCOC(=O)c1ccc(NC(=O)c2c(C)n(-c3ccc(C(=O)OCC)cc3)c(C)cc2=O)cc1. The van der Waals surface area contributed by atoms with E-state index in [0.29, 0.717) is 33.9 Å². The summed E-state index contributed by atoms with van der Waals surface area (Å²) in [6, 6.07) is 14.3. The molecule has 8 heteroatoms. The van der Waals surface area contributed by atoms with E-state index in [0.717, 1.165) is 0 Å². The van der Waals surface area contributed by atoms with Crippen molar-refractivity contribution in [3.8, 4) is 5.69 Å². The Bertz CT molecular complexity index is 1270. The largest absolute Gasteiger partial charge is 0.462 e. The van der Waals surface area contributed by atoms with Crippen molar-refractivity contribution in [2.24, 2.45) is 0 Å². The molecular formula is C26H26N2O6. The molecule has 8 nitrogen and oxygen atoms in total. The fourth-order valence-corrected chi connectivity index (χ4v) is 3.61. The minimum Gasteiger partial charge on any atom is -0.462 e. The normalized spacial score (nSPS) is 10.5. The van der Waals surface area contributed by atoms with Crippen molar-refractivity contribution in [1.29, 1.82) is 0 Å². The van der Waals surface area contributed by atoms with Gasteiger partial charge in [0, 0.05) is 28.8 Å². The quantitative estimate of drug-likeness (QED) is 0.531. The van der Waals surface area contributed by atoms with Gasteiger partial charge in [-0.05, 0) is 76.2 Å². The summed E-state index contributed by atoms with van der Waals surface area (Å²) in [5.74, 6) is -1.44. The Hall–Kier alpha value is -4.20. The number of hydrogen-bond donors (Lipinski definition) is 1. The summed E-state index contributed by atoms with van der Waals surface area (Å²) in [5, 5.41) is 2.71. The van der Waals surface area contributed by atoms with Gasteiger partial charge >= 0.3 is 11.9 Å². The van der Waals surface area contributed by atoms with Crippen molar-refractivity contribution in [1.82, 2.24) is 4.57 Å². The number of aryl methyl sites for hydroxylation is 1. The number of aromatic nitrogens is 1. The Labute approximate surface area is 197 Å². The molecule has 0 aliphatic heterocycles. The lowest BCUT2D eigenvalue weighted by Gasteiger charge is -2.18. The van der Waals surface area contributed by atoms with Gasteiger partial charge in [-0.3, -0.25) is 9.59 Å². The highest BCUT2D eigenvalue weighted by atomic mass is 16.5. The molecule has 1 N–H and O–H groups in total. The number of amides is 1. The van der Waals surface area contributed by atoms with Gasteiger partial charge in [-0.1, -0.05) is 0 Å². The molecule has 3 aromatic rings. The Balaban J connectivity index is 1.90. The number of benzene rings is 2. The van der Waals surface area contributed by atoms with Gasteiger partial charge in [0.05, 0.1) is 24.3 Å². The van der Waals surface area contributed by atoms with Crippen LogP contribution in [-0.4, -0.2) is 35.6 Å². The van der Waals surface area contributed by atoms with Gasteiger partial charge in [0.15, 0.2) is 5.43 Å². The van der Waals surface area contributed by atoms with Crippen LogP contribution in [0.5, 0.6) is 0 Å². The fourth-order valence-electron chi connectivity index (χ4n) is 3.61. The van der Waals surface area contributed by atoms with E-state index in [2.05, 4.69) is 5.32 Å². The van der Waals surface area contributed by atoms with Gasteiger partial charge in [-0.2, -0.15) is 0 Å². The zero-order chi connectivity index (χ0) is 24.8. The molecule has 34 heavy (non-hydrogen) atoms. The van der Waals surface area contributed by atoms with Crippen molar-refractivity contribution in [3.63, 3.8) is 0 Å². The highest BCUT2D eigenvalue weighted by molar-refractivity contribution is 6.05. The summed E-state index contributed by atoms with van der Waals surface area (Å²) in [4.78, 5) is 49.5. The van der Waals surface area contributed by atoms with Crippen LogP contribution in [0.15, 0.2) is 59.4 Å². The molecule has 0 unspecified atom stereocenters. The van der Waals surface area contributed by atoms with Crippen molar-refractivity contribution >= 4 is 23.5 Å². The van der Waals surface area contributed by atoms with E-state index in [9.17, 15) is 19.2 Å². The number of nitrogens with one attached hydrogen (secondary N) is 1. The first-order valence-corrected chi connectivity index (χ1v) is 10.9. The second-order valence-electron chi connectivity index (χ2n) is 7.47. The fraction of sp³-hybridized carbons (Fsp3) is 0.231. The Morgan fingerprint density at radius 3 is 1.82 bits per heavy atom. The molecule has 0 atom stereocenters. The zero-order valence-corrected chi connectivity index (χ0v) is 19.5. The number of carbonyl (C=O) groups is 3. The van der Waals surface area contributed by atoms with Crippen LogP contribution in [0.1, 0.15) is 56.3 Å². The molecule has 1 heterocycles. The third kappa shape index (κ3) is 5.23. The van der Waals surface area contributed by atoms with Gasteiger partial charge in [0.1, 0.15) is 5.56 Å². The molecule has 0 spiro atoms. The Kier molecular flexibility index (Phi) is 7.63. The van der Waals surface area contributed by atoms with Crippen LogP contribution in [0.4, 0.5) is 5.69 Å². The summed E-state index contributed by atoms with van der Waals surface area (Å²) in [6.07, 6.45) is 0. The number of carbonyl (C=O) groups excluding carboxylic acids is 3. The van der Waals surface area contributed by atoms with Gasteiger partial charge in [0.25, 0.3) is 5.91 Å². The van der Waals surface area contributed by atoms with E-state index in [1.807, 2.05) is 0 Å². The molecule has 3 rings (SSSR count). The van der Waals surface area contributed by atoms with E-state index in [1.54, 1.807) is 80.8 Å². The molecular weight excluding hydrogens is 436 g/mol. The van der Waals surface area contributed by atoms with E-state index in [4.69, 9.17) is 9.47 Å². The first-order chi connectivity index (χ1) is 16.3. The van der Waals surface area contributed by atoms with Crippen LogP contribution in [-0.2, 0) is 9.47 Å². The third-order valence-corrected chi connectivity index (χ3v) is 5.15. The number of nitrogens with zero attached hydrogens (tertiary/aromatic N) is 1. The summed E-state index contributed by atoms with van der Waals surface area (Å²) >= 11 is 0. The van der Waals surface area contributed by atoms with Crippen LogP contribution in [0.25, 0.3) is 5.69 Å². The predicted molar refractivity (Wildman–Crippen MR) is 128 cm³/mol. The number of hydrogen-bond acceptors (Lipinski definition) is 6. The first-order valence-electron chi connectivity index (χ1n) is 10.9. The third-order valence-electron chi connectivity index (χ3n) is 5.15. The number of pyridine rings is 1.